The minimum atomic E-state index is -1.55. The highest BCUT2D eigenvalue weighted by Gasteiger charge is 2.94. The van der Waals surface area contributed by atoms with Crippen LogP contribution in [-0.4, -0.2) is 41.1 Å². The van der Waals surface area contributed by atoms with E-state index in [9.17, 15) is 0 Å². The van der Waals surface area contributed by atoms with Crippen LogP contribution in [0.4, 0.5) is 0 Å². The molecule has 0 N–H and O–H groups in total. The summed E-state index contributed by atoms with van der Waals surface area (Å²) in [5.41, 5.74) is 1.40. The minimum absolute atomic E-state index is 0.671. The van der Waals surface area contributed by atoms with E-state index >= 15 is 0 Å². The van der Waals surface area contributed by atoms with Crippen LogP contribution in [0.5, 0.6) is 0 Å². The van der Waals surface area contributed by atoms with Crippen LogP contribution >= 0.6 is 0 Å². The maximum Gasteiger partial charge on any atom is 0.173 e. The smallest absolute Gasteiger partial charge is 0.173 e. The molecule has 5 aliphatic carbocycles. The SMILES string of the molecule is C[Si](C)(CCC1CC2CC(C1)C1OC21)O[Si](C)(C)CCC12CC13CC2C1OC13. The summed E-state index contributed by atoms with van der Waals surface area (Å²) in [7, 11) is -3.10. The van der Waals surface area contributed by atoms with Gasteiger partial charge in [-0.25, -0.2) is 0 Å². The van der Waals surface area contributed by atoms with Crippen LogP contribution in [0.1, 0.15) is 44.9 Å². The van der Waals surface area contributed by atoms with Crippen molar-refractivity contribution in [3.63, 3.8) is 0 Å². The lowest BCUT2D eigenvalue weighted by Gasteiger charge is -2.41. The predicted molar refractivity (Wildman–Crippen MR) is 114 cm³/mol. The van der Waals surface area contributed by atoms with Gasteiger partial charge >= 0.3 is 0 Å². The van der Waals surface area contributed by atoms with Crippen molar-refractivity contribution in [2.75, 3.05) is 0 Å². The van der Waals surface area contributed by atoms with Gasteiger partial charge in [0, 0.05) is 5.41 Å². The van der Waals surface area contributed by atoms with Crippen molar-refractivity contribution in [1.29, 1.82) is 0 Å². The molecule has 9 atom stereocenters. The first kappa shape index (κ1) is 17.9. The highest BCUT2D eigenvalue weighted by Crippen LogP contribution is 2.94. The second kappa shape index (κ2) is 5.20. The summed E-state index contributed by atoms with van der Waals surface area (Å²) < 4.78 is 18.8. The number of hydrogen-bond acceptors (Lipinski definition) is 3. The van der Waals surface area contributed by atoms with Crippen LogP contribution in [0.25, 0.3) is 0 Å². The van der Waals surface area contributed by atoms with E-state index in [0.717, 1.165) is 29.1 Å². The Balaban J connectivity index is 0.917. The van der Waals surface area contributed by atoms with Crippen molar-refractivity contribution in [1.82, 2.24) is 0 Å². The molecule has 2 saturated heterocycles. The topological polar surface area (TPSA) is 34.3 Å². The zero-order valence-electron chi connectivity index (χ0n) is 18.2. The average Bonchev–Trinajstić information content (AvgIpc) is 3.53. The Labute approximate surface area is 172 Å². The number of ether oxygens (including phenoxy) is 2. The monoisotopic (exact) mass is 418 g/mol. The first-order chi connectivity index (χ1) is 13.2. The fraction of sp³-hybridized carbons (Fsp3) is 1.00. The van der Waals surface area contributed by atoms with Crippen molar-refractivity contribution in [2.24, 2.45) is 34.5 Å². The van der Waals surface area contributed by atoms with E-state index in [0.29, 0.717) is 29.8 Å². The highest BCUT2D eigenvalue weighted by molar-refractivity contribution is 6.84. The summed E-state index contributed by atoms with van der Waals surface area (Å²) in [5.74, 6) is 3.71. The Bertz CT molecular complexity index is 709. The largest absolute Gasteiger partial charge is 0.455 e. The van der Waals surface area contributed by atoms with Gasteiger partial charge in [0.05, 0.1) is 24.4 Å². The van der Waals surface area contributed by atoms with Gasteiger partial charge in [-0.15, -0.1) is 0 Å². The molecule has 156 valence electrons. The third-order valence-corrected chi connectivity index (χ3v) is 17.9. The Morgan fingerprint density at radius 1 is 0.893 bits per heavy atom. The van der Waals surface area contributed by atoms with E-state index in [4.69, 9.17) is 13.6 Å². The van der Waals surface area contributed by atoms with Crippen LogP contribution in [-0.2, 0) is 13.6 Å². The minimum Gasteiger partial charge on any atom is -0.455 e. The molecule has 2 aliphatic heterocycles. The second-order valence-corrected chi connectivity index (χ2v) is 22.0. The summed E-state index contributed by atoms with van der Waals surface area (Å²) in [6.07, 6.45) is 13.0. The molecular formula is C23H38O3Si2. The Morgan fingerprint density at radius 2 is 1.61 bits per heavy atom. The molecule has 0 aromatic rings. The fourth-order valence-corrected chi connectivity index (χ4v) is 18.2. The van der Waals surface area contributed by atoms with Gasteiger partial charge in [0.1, 0.15) is 0 Å². The molecule has 0 aromatic carbocycles. The second-order valence-electron chi connectivity index (χ2n) is 13.1. The van der Waals surface area contributed by atoms with Crippen molar-refractivity contribution < 1.29 is 13.6 Å². The van der Waals surface area contributed by atoms with Crippen molar-refractivity contribution in [3.05, 3.63) is 0 Å². The lowest BCUT2D eigenvalue weighted by Crippen LogP contribution is -2.45. The van der Waals surface area contributed by atoms with Crippen LogP contribution in [0.3, 0.4) is 0 Å². The van der Waals surface area contributed by atoms with Crippen molar-refractivity contribution in [3.8, 4) is 0 Å². The van der Waals surface area contributed by atoms with Crippen LogP contribution in [0.15, 0.2) is 0 Å². The standard InChI is InChI=1S/C23H38O3Si2/c1-27(2,7-5-14-9-15-11-16(10-14)19-18(15)24-19)26-28(3,4)8-6-22-13-23(22)12-17(22)20-21(23)25-20/h14-21H,5-13H2,1-4H3. The zero-order chi connectivity index (χ0) is 19.1. The number of fused-ring (bicyclic) bond motifs is 7. The van der Waals surface area contributed by atoms with Gasteiger partial charge < -0.3 is 13.6 Å². The summed E-state index contributed by atoms with van der Waals surface area (Å²) >= 11 is 0. The zero-order valence-corrected chi connectivity index (χ0v) is 20.2. The first-order valence-corrected chi connectivity index (χ1v) is 18.5. The molecule has 9 unspecified atom stereocenters. The Morgan fingerprint density at radius 3 is 2.25 bits per heavy atom. The van der Waals surface area contributed by atoms with E-state index in [-0.39, 0.29) is 0 Å². The number of rotatable bonds is 8. The van der Waals surface area contributed by atoms with Gasteiger partial charge in [-0.3, -0.25) is 0 Å². The summed E-state index contributed by atoms with van der Waals surface area (Å²) in [5, 5.41) is 0. The number of hydrogen-bond donors (Lipinski definition) is 0. The first-order valence-electron chi connectivity index (χ1n) is 12.2. The molecule has 4 bridgehead atoms. The highest BCUT2D eigenvalue weighted by atomic mass is 28.4. The molecule has 7 rings (SSSR count). The van der Waals surface area contributed by atoms with Crippen LogP contribution in [0, 0.1) is 34.5 Å². The van der Waals surface area contributed by atoms with Gasteiger partial charge in [0.15, 0.2) is 16.6 Å². The van der Waals surface area contributed by atoms with Crippen molar-refractivity contribution >= 4 is 16.6 Å². The quantitative estimate of drug-likeness (QED) is 0.402. The molecule has 5 saturated carbocycles. The molecule has 7 fully saturated rings. The molecular weight excluding hydrogens is 380 g/mol. The van der Waals surface area contributed by atoms with E-state index in [1.165, 1.54) is 57.0 Å². The third-order valence-electron chi connectivity index (χ3n) is 10.5. The summed E-state index contributed by atoms with van der Waals surface area (Å²) in [6.45, 7) is 10.0. The van der Waals surface area contributed by atoms with Crippen molar-refractivity contribution in [2.45, 2.75) is 108 Å². The lowest BCUT2D eigenvalue weighted by atomic mass is 9.69. The summed E-state index contributed by atoms with van der Waals surface area (Å²) in [4.78, 5) is 0. The molecule has 0 amide bonds. The average molecular weight is 419 g/mol. The maximum absolute atomic E-state index is 7.05. The third kappa shape index (κ3) is 2.32. The van der Waals surface area contributed by atoms with Crippen LogP contribution in [0.2, 0.25) is 38.3 Å². The Kier molecular flexibility index (Phi) is 3.33. The van der Waals surface area contributed by atoms with Gasteiger partial charge in [0.25, 0.3) is 0 Å². The number of epoxide rings is 2. The van der Waals surface area contributed by atoms with E-state index < -0.39 is 16.6 Å². The molecule has 0 aromatic heterocycles. The molecule has 7 aliphatic rings. The van der Waals surface area contributed by atoms with E-state index in [1.807, 2.05) is 0 Å². The maximum atomic E-state index is 7.05. The fourth-order valence-electron chi connectivity index (χ4n) is 9.21. The molecule has 5 heteroatoms. The molecule has 0 spiro atoms. The molecule has 28 heavy (non-hydrogen) atoms. The van der Waals surface area contributed by atoms with Crippen LogP contribution < -0.4 is 0 Å². The molecule has 0 radical (unpaired) electrons. The van der Waals surface area contributed by atoms with E-state index in [2.05, 4.69) is 26.2 Å². The van der Waals surface area contributed by atoms with Gasteiger partial charge in [-0.2, -0.15) is 0 Å². The summed E-state index contributed by atoms with van der Waals surface area (Å²) in [6, 6.07) is 2.76. The van der Waals surface area contributed by atoms with Gasteiger partial charge in [-0.1, -0.05) is 6.42 Å². The molecule has 3 nitrogen and oxygen atoms in total. The van der Waals surface area contributed by atoms with Gasteiger partial charge in [-0.05, 0) is 106 Å². The lowest BCUT2D eigenvalue weighted by molar-refractivity contribution is 0.0299. The Hall–Kier alpha value is 0.314. The molecule has 2 heterocycles. The predicted octanol–water partition coefficient (Wildman–Crippen LogP) is 5.18. The van der Waals surface area contributed by atoms with E-state index in [1.54, 1.807) is 0 Å². The normalized spacial score (nSPS) is 56.6. The van der Waals surface area contributed by atoms with Gasteiger partial charge in [0.2, 0.25) is 0 Å².